The molecule has 0 fully saturated rings. The second-order valence-electron chi connectivity index (χ2n) is 6.17. The van der Waals surface area contributed by atoms with Gasteiger partial charge < -0.3 is 10.4 Å². The van der Waals surface area contributed by atoms with E-state index in [9.17, 15) is 5.11 Å². The fourth-order valence-corrected chi connectivity index (χ4v) is 1.93. The topological polar surface area (TPSA) is 32.3 Å². The van der Waals surface area contributed by atoms with Crippen LogP contribution in [-0.4, -0.2) is 26.7 Å². The van der Waals surface area contributed by atoms with Gasteiger partial charge in [-0.15, -0.1) is 0 Å². The second kappa shape index (κ2) is 5.32. The van der Waals surface area contributed by atoms with Crippen molar-refractivity contribution in [1.29, 1.82) is 0 Å². The molecule has 0 aromatic carbocycles. The lowest BCUT2D eigenvalue weighted by Gasteiger charge is -2.41. The first-order valence-corrected chi connectivity index (χ1v) is 6.67. The summed E-state index contributed by atoms with van der Waals surface area (Å²) in [6.45, 7) is 14.9. The van der Waals surface area contributed by atoms with E-state index >= 15 is 0 Å². The first-order valence-electron chi connectivity index (χ1n) is 5.59. The van der Waals surface area contributed by atoms with Crippen LogP contribution < -0.4 is 5.32 Å². The van der Waals surface area contributed by atoms with E-state index < -0.39 is 0 Å². The van der Waals surface area contributed by atoms with Gasteiger partial charge in [0, 0.05) is 15.5 Å². The van der Waals surface area contributed by atoms with Crippen molar-refractivity contribution < 1.29 is 5.11 Å². The number of nitrogens with one attached hydrogen (secondary N) is 1. The number of aliphatic hydroxyl groups excluding tert-OH is 1. The van der Waals surface area contributed by atoms with E-state index in [0.717, 1.165) is 0 Å². The molecule has 0 aliphatic carbocycles. The van der Waals surface area contributed by atoms with E-state index in [2.05, 4.69) is 76.4 Å². The Morgan fingerprint density at radius 3 is 1.67 bits per heavy atom. The van der Waals surface area contributed by atoms with Crippen LogP contribution >= 0.6 is 22.6 Å². The van der Waals surface area contributed by atoms with E-state index in [-0.39, 0.29) is 21.0 Å². The van der Waals surface area contributed by atoms with Crippen LogP contribution in [0, 0.1) is 5.41 Å². The number of hydrogen-bond donors (Lipinski definition) is 2. The zero-order chi connectivity index (χ0) is 12.4. The molecule has 0 spiro atoms. The summed E-state index contributed by atoms with van der Waals surface area (Å²) in [5.74, 6) is 0. The Kier molecular flexibility index (Phi) is 5.55. The Morgan fingerprint density at radius 1 is 1.07 bits per heavy atom. The first-order chi connectivity index (χ1) is 6.46. The SMILES string of the molecule is CC(C)NC(C(O)C(C)(C)I)C(C)(C)C. The second-order valence-corrected chi connectivity index (χ2v) is 8.95. The predicted molar refractivity (Wildman–Crippen MR) is 75.6 cm³/mol. The summed E-state index contributed by atoms with van der Waals surface area (Å²) < 4.78 is -0.113. The highest BCUT2D eigenvalue weighted by Crippen LogP contribution is 2.32. The molecule has 0 radical (unpaired) electrons. The van der Waals surface area contributed by atoms with Crippen LogP contribution in [0.15, 0.2) is 0 Å². The largest absolute Gasteiger partial charge is 0.390 e. The summed E-state index contributed by atoms with van der Waals surface area (Å²) in [6.07, 6.45) is -0.347. The lowest BCUT2D eigenvalue weighted by atomic mass is 9.79. The summed E-state index contributed by atoms with van der Waals surface area (Å²) in [5.41, 5.74) is 0.0616. The molecular formula is C12H26INO. The Labute approximate surface area is 108 Å². The fraction of sp³-hybridized carbons (Fsp3) is 1.00. The summed E-state index contributed by atoms with van der Waals surface area (Å²) >= 11 is 2.31. The first kappa shape index (κ1) is 15.7. The van der Waals surface area contributed by atoms with Crippen molar-refractivity contribution in [1.82, 2.24) is 5.32 Å². The number of rotatable bonds is 4. The summed E-state index contributed by atoms with van der Waals surface area (Å²) in [6, 6.07) is 0.507. The molecule has 0 amide bonds. The van der Waals surface area contributed by atoms with Gasteiger partial charge in [-0.05, 0) is 19.3 Å². The standard InChI is InChI=1S/C12H26INO/c1-8(2)14-9(11(3,4)5)10(15)12(6,7)13/h8-10,14-15H,1-7H3. The van der Waals surface area contributed by atoms with Crippen molar-refractivity contribution in [2.45, 2.75) is 70.1 Å². The van der Waals surface area contributed by atoms with Gasteiger partial charge in [0.05, 0.1) is 6.10 Å². The Hall–Kier alpha value is 0.650. The molecule has 0 heterocycles. The average Bonchev–Trinajstić information content (AvgIpc) is 1.94. The van der Waals surface area contributed by atoms with Gasteiger partial charge in [0.15, 0.2) is 0 Å². The molecule has 0 aliphatic heterocycles. The molecule has 92 valence electrons. The third kappa shape index (κ3) is 5.50. The van der Waals surface area contributed by atoms with Crippen molar-refractivity contribution in [2.75, 3.05) is 0 Å². The third-order valence-corrected chi connectivity index (χ3v) is 3.10. The molecule has 2 unspecified atom stereocenters. The molecule has 3 heteroatoms. The van der Waals surface area contributed by atoms with Crippen LogP contribution in [-0.2, 0) is 0 Å². The molecule has 2 nitrogen and oxygen atoms in total. The molecule has 0 aromatic heterocycles. The molecule has 2 atom stereocenters. The monoisotopic (exact) mass is 327 g/mol. The van der Waals surface area contributed by atoms with Crippen LogP contribution in [0.2, 0.25) is 0 Å². The van der Waals surface area contributed by atoms with E-state index in [0.29, 0.717) is 6.04 Å². The highest BCUT2D eigenvalue weighted by atomic mass is 127. The molecule has 15 heavy (non-hydrogen) atoms. The fourth-order valence-electron chi connectivity index (χ4n) is 1.57. The van der Waals surface area contributed by atoms with Gasteiger partial charge in [-0.2, -0.15) is 0 Å². The Balaban J connectivity index is 4.80. The van der Waals surface area contributed by atoms with Gasteiger partial charge >= 0.3 is 0 Å². The minimum Gasteiger partial charge on any atom is -0.390 e. The maximum atomic E-state index is 10.4. The minimum absolute atomic E-state index is 0.0616. The quantitative estimate of drug-likeness (QED) is 0.615. The number of hydrogen-bond acceptors (Lipinski definition) is 2. The van der Waals surface area contributed by atoms with E-state index in [1.165, 1.54) is 0 Å². The number of alkyl halides is 1. The van der Waals surface area contributed by atoms with Gasteiger partial charge in [-0.1, -0.05) is 57.2 Å². The van der Waals surface area contributed by atoms with Crippen LogP contribution in [0.1, 0.15) is 48.5 Å². The lowest BCUT2D eigenvalue weighted by Crippen LogP contribution is -2.56. The van der Waals surface area contributed by atoms with Crippen molar-refractivity contribution in [3.63, 3.8) is 0 Å². The number of halogens is 1. The molecular weight excluding hydrogens is 301 g/mol. The van der Waals surface area contributed by atoms with Crippen molar-refractivity contribution in [2.24, 2.45) is 5.41 Å². The third-order valence-electron chi connectivity index (χ3n) is 2.46. The zero-order valence-corrected chi connectivity index (χ0v) is 13.2. The normalized spacial score (nSPS) is 18.0. The lowest BCUT2D eigenvalue weighted by molar-refractivity contribution is 0.0491. The van der Waals surface area contributed by atoms with Gasteiger partial charge in [0.25, 0.3) is 0 Å². The maximum Gasteiger partial charge on any atom is 0.0838 e. The van der Waals surface area contributed by atoms with Crippen LogP contribution in [0.3, 0.4) is 0 Å². The molecule has 0 saturated heterocycles. The van der Waals surface area contributed by atoms with Gasteiger partial charge in [0.1, 0.15) is 0 Å². The van der Waals surface area contributed by atoms with Crippen LogP contribution in [0.4, 0.5) is 0 Å². The van der Waals surface area contributed by atoms with Crippen molar-refractivity contribution >= 4 is 22.6 Å². The molecule has 0 bridgehead atoms. The highest BCUT2D eigenvalue weighted by Gasteiger charge is 2.38. The van der Waals surface area contributed by atoms with Gasteiger partial charge in [0.2, 0.25) is 0 Å². The Bertz CT molecular complexity index is 191. The van der Waals surface area contributed by atoms with Crippen molar-refractivity contribution in [3.05, 3.63) is 0 Å². The Morgan fingerprint density at radius 2 is 1.47 bits per heavy atom. The predicted octanol–water partition coefficient (Wildman–Crippen LogP) is 2.97. The molecule has 0 aliphatic rings. The van der Waals surface area contributed by atoms with Gasteiger partial charge in [-0.3, -0.25) is 0 Å². The molecule has 2 N–H and O–H groups in total. The van der Waals surface area contributed by atoms with Gasteiger partial charge in [-0.25, -0.2) is 0 Å². The van der Waals surface area contributed by atoms with Crippen LogP contribution in [0.5, 0.6) is 0 Å². The molecule has 0 saturated carbocycles. The average molecular weight is 327 g/mol. The summed E-state index contributed by atoms with van der Waals surface area (Å²) in [7, 11) is 0. The molecule has 0 rings (SSSR count). The summed E-state index contributed by atoms with van der Waals surface area (Å²) in [5, 5.41) is 13.8. The minimum atomic E-state index is -0.347. The van der Waals surface area contributed by atoms with Crippen molar-refractivity contribution in [3.8, 4) is 0 Å². The van der Waals surface area contributed by atoms with E-state index in [4.69, 9.17) is 0 Å². The van der Waals surface area contributed by atoms with E-state index in [1.54, 1.807) is 0 Å². The highest BCUT2D eigenvalue weighted by molar-refractivity contribution is 14.1. The maximum absolute atomic E-state index is 10.4. The number of aliphatic hydroxyl groups is 1. The zero-order valence-electron chi connectivity index (χ0n) is 11.1. The molecule has 0 aromatic rings. The van der Waals surface area contributed by atoms with Crippen LogP contribution in [0.25, 0.3) is 0 Å². The summed E-state index contributed by atoms with van der Waals surface area (Å²) in [4.78, 5) is 0. The van der Waals surface area contributed by atoms with E-state index in [1.807, 2.05) is 0 Å². The smallest absolute Gasteiger partial charge is 0.0838 e.